The number of methoxy groups -OCH3 is 1. The Morgan fingerprint density at radius 3 is 2.45 bits per heavy atom. The van der Waals surface area contributed by atoms with Gasteiger partial charge in [-0.3, -0.25) is 9.69 Å². The normalized spacial score (nSPS) is 27.1. The molecule has 0 N–H and O–H groups in total. The Kier molecular flexibility index (Phi) is 4.78. The van der Waals surface area contributed by atoms with Crippen molar-refractivity contribution >= 4 is 5.91 Å². The van der Waals surface area contributed by atoms with Crippen molar-refractivity contribution < 1.29 is 14.1 Å². The molecule has 1 saturated carbocycles. The molecule has 122 valence electrons. The highest BCUT2D eigenvalue weighted by atomic mass is 16.5. The lowest BCUT2D eigenvalue weighted by atomic mass is 9.91. The predicted octanol–water partition coefficient (Wildman–Crippen LogP) is 1.70. The summed E-state index contributed by atoms with van der Waals surface area (Å²) < 4.78 is 10.4. The second kappa shape index (κ2) is 6.79. The molecule has 1 aromatic rings. The Morgan fingerprint density at radius 2 is 1.91 bits per heavy atom. The van der Waals surface area contributed by atoms with Crippen LogP contribution >= 0.6 is 0 Å². The first-order valence-corrected chi connectivity index (χ1v) is 8.17. The molecule has 1 aromatic heterocycles. The SMILES string of the molecule is COC1CCC(N2CCN(C(=O)c3cc(C)on3)CC2)CC1. The second-order valence-corrected chi connectivity index (χ2v) is 6.32. The van der Waals surface area contributed by atoms with E-state index in [1.165, 1.54) is 12.8 Å². The summed E-state index contributed by atoms with van der Waals surface area (Å²) in [5.41, 5.74) is 0.423. The molecule has 0 aromatic carbocycles. The topological polar surface area (TPSA) is 58.8 Å². The van der Waals surface area contributed by atoms with Crippen molar-refractivity contribution in [3.63, 3.8) is 0 Å². The number of aryl methyl sites for hydroxylation is 1. The molecule has 3 rings (SSSR count). The second-order valence-electron chi connectivity index (χ2n) is 6.32. The summed E-state index contributed by atoms with van der Waals surface area (Å²) in [6, 6.07) is 2.36. The molecule has 6 nitrogen and oxygen atoms in total. The third-order valence-corrected chi connectivity index (χ3v) is 4.94. The van der Waals surface area contributed by atoms with E-state index in [-0.39, 0.29) is 5.91 Å². The van der Waals surface area contributed by atoms with E-state index in [0.29, 0.717) is 23.6 Å². The lowest BCUT2D eigenvalue weighted by molar-refractivity contribution is 0.0218. The molecule has 1 aliphatic heterocycles. The maximum absolute atomic E-state index is 12.3. The lowest BCUT2D eigenvalue weighted by Gasteiger charge is -2.41. The number of carbonyl (C=O) groups is 1. The van der Waals surface area contributed by atoms with Crippen molar-refractivity contribution in [1.29, 1.82) is 0 Å². The van der Waals surface area contributed by atoms with E-state index < -0.39 is 0 Å². The van der Waals surface area contributed by atoms with Crippen molar-refractivity contribution in [2.75, 3.05) is 33.3 Å². The van der Waals surface area contributed by atoms with E-state index >= 15 is 0 Å². The summed E-state index contributed by atoms with van der Waals surface area (Å²) in [5, 5.41) is 3.82. The zero-order chi connectivity index (χ0) is 15.5. The minimum absolute atomic E-state index is 0.0143. The molecule has 0 radical (unpaired) electrons. The number of ether oxygens (including phenoxy) is 1. The number of piperazine rings is 1. The molecule has 2 fully saturated rings. The molecule has 2 heterocycles. The molecule has 22 heavy (non-hydrogen) atoms. The maximum Gasteiger partial charge on any atom is 0.276 e. The van der Waals surface area contributed by atoms with E-state index in [0.717, 1.165) is 39.0 Å². The summed E-state index contributed by atoms with van der Waals surface area (Å²) >= 11 is 0. The number of hydrogen-bond donors (Lipinski definition) is 0. The first-order valence-electron chi connectivity index (χ1n) is 8.17. The van der Waals surface area contributed by atoms with Gasteiger partial charge >= 0.3 is 0 Å². The molecule has 1 saturated heterocycles. The summed E-state index contributed by atoms with van der Waals surface area (Å²) in [6.07, 6.45) is 5.15. The van der Waals surface area contributed by atoms with E-state index in [2.05, 4.69) is 10.1 Å². The number of nitrogens with zero attached hydrogens (tertiary/aromatic N) is 3. The average Bonchev–Trinajstić information content (AvgIpc) is 3.01. The van der Waals surface area contributed by atoms with Crippen molar-refractivity contribution in [2.45, 2.75) is 44.8 Å². The molecule has 0 atom stereocenters. The molecule has 2 aliphatic rings. The number of amides is 1. The van der Waals surface area contributed by atoms with Gasteiger partial charge in [-0.15, -0.1) is 0 Å². The maximum atomic E-state index is 12.3. The summed E-state index contributed by atoms with van der Waals surface area (Å²) in [5.74, 6) is 0.663. The summed E-state index contributed by atoms with van der Waals surface area (Å²) in [4.78, 5) is 16.8. The van der Waals surface area contributed by atoms with Gasteiger partial charge in [0, 0.05) is 45.4 Å². The quantitative estimate of drug-likeness (QED) is 0.850. The van der Waals surface area contributed by atoms with E-state index in [1.54, 1.807) is 20.1 Å². The fraction of sp³-hybridized carbons (Fsp3) is 0.750. The highest BCUT2D eigenvalue weighted by Crippen LogP contribution is 2.25. The van der Waals surface area contributed by atoms with Gasteiger partial charge in [-0.2, -0.15) is 0 Å². The fourth-order valence-electron chi connectivity index (χ4n) is 3.57. The van der Waals surface area contributed by atoms with Crippen molar-refractivity contribution in [1.82, 2.24) is 15.0 Å². The van der Waals surface area contributed by atoms with Crippen LogP contribution in [-0.2, 0) is 4.74 Å². The van der Waals surface area contributed by atoms with Gasteiger partial charge in [-0.25, -0.2) is 0 Å². The van der Waals surface area contributed by atoms with Gasteiger partial charge in [-0.05, 0) is 32.6 Å². The van der Waals surface area contributed by atoms with E-state index in [9.17, 15) is 4.79 Å². The Bertz CT molecular complexity index is 500. The Labute approximate surface area is 131 Å². The zero-order valence-corrected chi connectivity index (χ0v) is 13.5. The molecular formula is C16H25N3O3. The number of hydrogen-bond acceptors (Lipinski definition) is 5. The van der Waals surface area contributed by atoms with Crippen LogP contribution in [0.2, 0.25) is 0 Å². The van der Waals surface area contributed by atoms with Crippen LogP contribution < -0.4 is 0 Å². The fourth-order valence-corrected chi connectivity index (χ4v) is 3.57. The van der Waals surface area contributed by atoms with Gasteiger partial charge in [0.1, 0.15) is 5.76 Å². The van der Waals surface area contributed by atoms with Crippen LogP contribution in [0.3, 0.4) is 0 Å². The van der Waals surface area contributed by atoms with Crippen LogP contribution in [0.5, 0.6) is 0 Å². The van der Waals surface area contributed by atoms with Crippen LogP contribution in [0, 0.1) is 6.92 Å². The van der Waals surface area contributed by atoms with Gasteiger partial charge in [0.25, 0.3) is 5.91 Å². The number of carbonyl (C=O) groups excluding carboxylic acids is 1. The van der Waals surface area contributed by atoms with Crippen LogP contribution in [0.4, 0.5) is 0 Å². The minimum Gasteiger partial charge on any atom is -0.381 e. The number of rotatable bonds is 3. The summed E-state index contributed by atoms with van der Waals surface area (Å²) in [7, 11) is 1.81. The van der Waals surface area contributed by atoms with Gasteiger partial charge in [0.05, 0.1) is 6.10 Å². The molecule has 6 heteroatoms. The predicted molar refractivity (Wildman–Crippen MR) is 81.8 cm³/mol. The largest absolute Gasteiger partial charge is 0.381 e. The van der Waals surface area contributed by atoms with Crippen LogP contribution in [0.15, 0.2) is 10.6 Å². The highest BCUT2D eigenvalue weighted by molar-refractivity contribution is 5.92. The molecule has 0 unspecified atom stereocenters. The van der Waals surface area contributed by atoms with Crippen LogP contribution in [0.25, 0.3) is 0 Å². The van der Waals surface area contributed by atoms with E-state index in [4.69, 9.17) is 9.26 Å². The van der Waals surface area contributed by atoms with Gasteiger partial charge in [0.15, 0.2) is 5.69 Å². The Morgan fingerprint density at radius 1 is 1.23 bits per heavy atom. The van der Waals surface area contributed by atoms with Crippen molar-refractivity contribution in [3.05, 3.63) is 17.5 Å². The number of aromatic nitrogens is 1. The molecule has 1 aliphatic carbocycles. The van der Waals surface area contributed by atoms with E-state index in [1.807, 2.05) is 4.90 Å². The smallest absolute Gasteiger partial charge is 0.276 e. The van der Waals surface area contributed by atoms with Crippen LogP contribution in [0.1, 0.15) is 41.9 Å². The Hall–Kier alpha value is -1.40. The molecule has 0 bridgehead atoms. The Balaban J connectivity index is 1.49. The van der Waals surface area contributed by atoms with Crippen LogP contribution in [-0.4, -0.2) is 66.3 Å². The lowest BCUT2D eigenvalue weighted by Crippen LogP contribution is -2.52. The summed E-state index contributed by atoms with van der Waals surface area (Å²) in [6.45, 7) is 5.25. The minimum atomic E-state index is -0.0143. The van der Waals surface area contributed by atoms with Gasteiger partial charge < -0.3 is 14.2 Å². The monoisotopic (exact) mass is 307 g/mol. The third-order valence-electron chi connectivity index (χ3n) is 4.94. The van der Waals surface area contributed by atoms with Crippen molar-refractivity contribution in [3.8, 4) is 0 Å². The molecule has 1 amide bonds. The first kappa shape index (κ1) is 15.5. The first-order chi connectivity index (χ1) is 10.7. The zero-order valence-electron chi connectivity index (χ0n) is 13.5. The highest BCUT2D eigenvalue weighted by Gasteiger charge is 2.30. The third kappa shape index (κ3) is 3.33. The van der Waals surface area contributed by atoms with Gasteiger partial charge in [0.2, 0.25) is 0 Å². The van der Waals surface area contributed by atoms with Crippen molar-refractivity contribution in [2.24, 2.45) is 0 Å². The molecule has 0 spiro atoms. The average molecular weight is 307 g/mol. The standard InChI is InChI=1S/C16H25N3O3/c1-12-11-15(17-22-12)16(20)19-9-7-18(8-10-19)13-3-5-14(21-2)6-4-13/h11,13-14H,3-10H2,1-2H3. The molecular weight excluding hydrogens is 282 g/mol. The van der Waals surface area contributed by atoms with Gasteiger partial charge in [-0.1, -0.05) is 5.16 Å².